The molecule has 0 aromatic heterocycles. The number of phosphoric ester groups is 1. The van der Waals surface area contributed by atoms with Gasteiger partial charge in [-0.3, -0.25) is 23.4 Å². The lowest BCUT2D eigenvalue weighted by Gasteiger charge is -2.20. The SMILES string of the molecule is CC/C=C/C=C/C=C/C=C/CCCCCCCC(=O)O[C@H](COC(=O)CCCCCCCCCCCCCCC)COP(=O)(O)OC[C@H](N)C(=O)O. The first-order valence-corrected chi connectivity index (χ1v) is 21.2. The van der Waals surface area contributed by atoms with Crippen molar-refractivity contribution >= 4 is 25.7 Å². The molecule has 0 saturated heterocycles. The third-order valence-corrected chi connectivity index (χ3v) is 9.14. The number of hydrogen-bond donors (Lipinski definition) is 3. The molecule has 12 heteroatoms. The third-order valence-electron chi connectivity index (χ3n) is 8.19. The normalized spacial score (nSPS) is 14.4. The lowest BCUT2D eigenvalue weighted by Crippen LogP contribution is -2.34. The van der Waals surface area contributed by atoms with Crippen LogP contribution in [0.25, 0.3) is 0 Å². The number of carbonyl (C=O) groups excluding carboxylic acids is 2. The van der Waals surface area contributed by atoms with E-state index in [4.69, 9.17) is 24.8 Å². The van der Waals surface area contributed by atoms with Crippen molar-refractivity contribution < 1.29 is 47.5 Å². The van der Waals surface area contributed by atoms with Crippen LogP contribution in [-0.2, 0) is 37.5 Å². The predicted octanol–water partition coefficient (Wildman–Crippen LogP) is 9.83. The van der Waals surface area contributed by atoms with Crippen molar-refractivity contribution in [1.82, 2.24) is 0 Å². The molecule has 0 fully saturated rings. The first kappa shape index (κ1) is 49.4. The summed E-state index contributed by atoms with van der Waals surface area (Å²) < 4.78 is 32.6. The van der Waals surface area contributed by atoms with Crippen LogP contribution in [0.2, 0.25) is 0 Å². The Morgan fingerprint density at radius 1 is 0.615 bits per heavy atom. The molecule has 0 aromatic rings. The number of phosphoric acid groups is 1. The van der Waals surface area contributed by atoms with Gasteiger partial charge in [-0.25, -0.2) is 4.57 Å². The van der Waals surface area contributed by atoms with Gasteiger partial charge < -0.3 is 25.2 Å². The van der Waals surface area contributed by atoms with Crippen LogP contribution in [0.15, 0.2) is 48.6 Å². The lowest BCUT2D eigenvalue weighted by atomic mass is 10.0. The average molecular weight is 756 g/mol. The van der Waals surface area contributed by atoms with Crippen molar-refractivity contribution in [1.29, 1.82) is 0 Å². The van der Waals surface area contributed by atoms with E-state index in [0.717, 1.165) is 57.8 Å². The summed E-state index contributed by atoms with van der Waals surface area (Å²) in [6.07, 6.45) is 37.5. The standard InChI is InChI=1S/C40H70NO10P/c1-3-5-7-9-11-13-15-17-18-20-22-24-26-28-30-32-39(43)51-36(34-49-52(46,47)50-35-37(41)40(44)45)33-48-38(42)31-29-27-25-23-21-19-16-14-12-10-8-6-4-2/h5,7,9,11,13,15,17-18,36-37H,3-4,6,8,10,12,14,16,19-35,41H2,1-2H3,(H,44,45)(H,46,47)/b7-5+,11-9+,15-13+,18-17+/t36-,37+/m1/s1. The van der Waals surface area contributed by atoms with Crippen molar-refractivity contribution in [2.45, 2.75) is 167 Å². The second-order valence-electron chi connectivity index (χ2n) is 13.1. The molecule has 0 rings (SSSR count). The highest BCUT2D eigenvalue weighted by molar-refractivity contribution is 7.47. The van der Waals surface area contributed by atoms with Crippen LogP contribution < -0.4 is 5.73 Å². The van der Waals surface area contributed by atoms with Crippen LogP contribution in [0.4, 0.5) is 0 Å². The maximum atomic E-state index is 12.6. The van der Waals surface area contributed by atoms with Crippen molar-refractivity contribution in [3.63, 3.8) is 0 Å². The fraction of sp³-hybridized carbons (Fsp3) is 0.725. The van der Waals surface area contributed by atoms with Gasteiger partial charge in [-0.1, -0.05) is 159 Å². The third kappa shape index (κ3) is 34.5. The van der Waals surface area contributed by atoms with Crippen LogP contribution in [-0.4, -0.2) is 59.9 Å². The molecule has 0 aliphatic heterocycles. The molecule has 0 amide bonds. The fourth-order valence-corrected chi connectivity index (χ4v) is 5.85. The summed E-state index contributed by atoms with van der Waals surface area (Å²) >= 11 is 0. The summed E-state index contributed by atoms with van der Waals surface area (Å²) in [5.41, 5.74) is 5.32. The van der Waals surface area contributed by atoms with E-state index in [2.05, 4.69) is 30.5 Å². The molecule has 0 aliphatic rings. The molecule has 1 unspecified atom stereocenters. The van der Waals surface area contributed by atoms with E-state index < -0.39 is 51.1 Å². The fourth-order valence-electron chi connectivity index (χ4n) is 5.07. The van der Waals surface area contributed by atoms with E-state index in [1.54, 1.807) is 0 Å². The number of allylic oxidation sites excluding steroid dienone is 8. The van der Waals surface area contributed by atoms with E-state index in [1.807, 2.05) is 36.5 Å². The quantitative estimate of drug-likeness (QED) is 0.0241. The van der Waals surface area contributed by atoms with E-state index in [9.17, 15) is 23.8 Å². The zero-order valence-corrected chi connectivity index (χ0v) is 33.0. The Hall–Kier alpha value is -2.56. The molecule has 0 aliphatic carbocycles. The van der Waals surface area contributed by atoms with Gasteiger partial charge in [0, 0.05) is 12.8 Å². The van der Waals surface area contributed by atoms with Gasteiger partial charge in [0.15, 0.2) is 6.10 Å². The predicted molar refractivity (Wildman–Crippen MR) is 208 cm³/mol. The van der Waals surface area contributed by atoms with E-state index in [0.29, 0.717) is 12.8 Å². The van der Waals surface area contributed by atoms with E-state index in [-0.39, 0.29) is 19.4 Å². The molecular formula is C40H70NO10P. The minimum atomic E-state index is -4.72. The number of carboxylic acids is 1. The Bertz CT molecular complexity index is 1070. The summed E-state index contributed by atoms with van der Waals surface area (Å²) in [6.45, 7) is 2.62. The molecule has 0 spiro atoms. The van der Waals surface area contributed by atoms with Crippen molar-refractivity contribution in [3.05, 3.63) is 48.6 Å². The first-order chi connectivity index (χ1) is 25.1. The highest BCUT2D eigenvalue weighted by atomic mass is 31.2. The van der Waals surface area contributed by atoms with Gasteiger partial charge in [0.05, 0.1) is 13.2 Å². The van der Waals surface area contributed by atoms with Gasteiger partial charge in [0.25, 0.3) is 0 Å². The van der Waals surface area contributed by atoms with Gasteiger partial charge in [-0.2, -0.15) is 0 Å². The zero-order chi connectivity index (χ0) is 38.5. The number of aliphatic carboxylic acids is 1. The molecule has 11 nitrogen and oxygen atoms in total. The second kappa shape index (κ2) is 35.5. The number of carboxylic acid groups (broad SMARTS) is 1. The van der Waals surface area contributed by atoms with Crippen LogP contribution in [0.1, 0.15) is 155 Å². The molecule has 0 saturated carbocycles. The number of ether oxygens (including phenoxy) is 2. The van der Waals surface area contributed by atoms with Crippen LogP contribution in [0.5, 0.6) is 0 Å². The van der Waals surface area contributed by atoms with Gasteiger partial charge in [-0.15, -0.1) is 0 Å². The number of carbonyl (C=O) groups is 3. The molecule has 0 heterocycles. The van der Waals surface area contributed by atoms with Gasteiger partial charge in [0.2, 0.25) is 0 Å². The molecule has 0 bridgehead atoms. The minimum Gasteiger partial charge on any atom is -0.480 e. The molecule has 52 heavy (non-hydrogen) atoms. The Kier molecular flexibility index (Phi) is 33.7. The summed E-state index contributed by atoms with van der Waals surface area (Å²) in [5.74, 6) is -2.41. The topological polar surface area (TPSA) is 172 Å². The number of nitrogens with two attached hydrogens (primary N) is 1. The van der Waals surface area contributed by atoms with E-state index in [1.165, 1.54) is 57.8 Å². The molecule has 3 atom stereocenters. The second-order valence-corrected chi connectivity index (χ2v) is 14.6. The minimum absolute atomic E-state index is 0.135. The molecule has 300 valence electrons. The smallest absolute Gasteiger partial charge is 0.472 e. The first-order valence-electron chi connectivity index (χ1n) is 19.7. The molecule has 0 radical (unpaired) electrons. The van der Waals surface area contributed by atoms with Gasteiger partial charge in [-0.05, 0) is 32.1 Å². The summed E-state index contributed by atoms with van der Waals surface area (Å²) in [7, 11) is -4.72. The Morgan fingerprint density at radius 3 is 1.62 bits per heavy atom. The van der Waals surface area contributed by atoms with Gasteiger partial charge in [0.1, 0.15) is 12.6 Å². The van der Waals surface area contributed by atoms with Crippen molar-refractivity contribution in [2.75, 3.05) is 19.8 Å². The number of hydrogen-bond acceptors (Lipinski definition) is 9. The maximum Gasteiger partial charge on any atom is 0.472 e. The molecule has 0 aromatic carbocycles. The maximum absolute atomic E-state index is 12.6. The van der Waals surface area contributed by atoms with Crippen molar-refractivity contribution in [2.24, 2.45) is 5.73 Å². The average Bonchev–Trinajstić information content (AvgIpc) is 3.12. The Morgan fingerprint density at radius 2 is 1.08 bits per heavy atom. The summed E-state index contributed by atoms with van der Waals surface area (Å²) in [4.78, 5) is 45.8. The largest absolute Gasteiger partial charge is 0.480 e. The summed E-state index contributed by atoms with van der Waals surface area (Å²) in [6, 6.07) is -1.53. The van der Waals surface area contributed by atoms with E-state index >= 15 is 0 Å². The molecular weight excluding hydrogens is 685 g/mol. The highest BCUT2D eigenvalue weighted by Crippen LogP contribution is 2.43. The van der Waals surface area contributed by atoms with Crippen LogP contribution >= 0.6 is 7.82 Å². The van der Waals surface area contributed by atoms with Gasteiger partial charge >= 0.3 is 25.7 Å². The summed E-state index contributed by atoms with van der Waals surface area (Å²) in [5, 5.41) is 8.86. The number of unbranched alkanes of at least 4 members (excludes halogenated alkanes) is 17. The number of esters is 2. The lowest BCUT2D eigenvalue weighted by molar-refractivity contribution is -0.161. The zero-order valence-electron chi connectivity index (χ0n) is 32.1. The Labute approximate surface area is 314 Å². The number of rotatable bonds is 36. The molecule has 4 N–H and O–H groups in total. The Balaban J connectivity index is 4.47. The van der Waals surface area contributed by atoms with Crippen LogP contribution in [0, 0.1) is 0 Å². The van der Waals surface area contributed by atoms with Crippen LogP contribution in [0.3, 0.4) is 0 Å². The monoisotopic (exact) mass is 755 g/mol. The highest BCUT2D eigenvalue weighted by Gasteiger charge is 2.28. The van der Waals surface area contributed by atoms with Crippen molar-refractivity contribution in [3.8, 4) is 0 Å².